The first-order valence-electron chi connectivity index (χ1n) is 12.5. The van der Waals surface area contributed by atoms with E-state index in [0.717, 1.165) is 12.5 Å². The van der Waals surface area contributed by atoms with Crippen LogP contribution in [0.1, 0.15) is 110 Å². The van der Waals surface area contributed by atoms with Crippen LogP contribution in [0.25, 0.3) is 0 Å². The van der Waals surface area contributed by atoms with Crippen LogP contribution in [0.3, 0.4) is 0 Å². The SMILES string of the molecule is C=CCO[Si](CCCCCCCCCCCCCCCCCC)(OC)OC.O[Si](O)(O)O. The fourth-order valence-electron chi connectivity index (χ4n) is 3.55. The fourth-order valence-corrected chi connectivity index (χ4v) is 5.56. The zero-order valence-corrected chi connectivity index (χ0v) is 23.0. The normalized spacial score (nSPS) is 11.8. The minimum Gasteiger partial charge on any atom is -0.377 e. The lowest BCUT2D eigenvalue weighted by molar-refractivity contribution is 0.109. The lowest BCUT2D eigenvalue weighted by Gasteiger charge is -2.25. The summed E-state index contributed by atoms with van der Waals surface area (Å²) in [7, 11) is -3.65. The first kappa shape index (κ1) is 34.1. The molecule has 0 unspecified atom stereocenters. The van der Waals surface area contributed by atoms with Crippen molar-refractivity contribution in [2.24, 2.45) is 0 Å². The summed E-state index contributed by atoms with van der Waals surface area (Å²) < 4.78 is 16.9. The summed E-state index contributed by atoms with van der Waals surface area (Å²) in [6.45, 7) is 6.49. The minimum absolute atomic E-state index is 0.507. The third kappa shape index (κ3) is 27.9. The molecular weight excluding hydrogens is 444 g/mol. The van der Waals surface area contributed by atoms with Gasteiger partial charge in [0, 0.05) is 20.3 Å². The van der Waals surface area contributed by atoms with E-state index in [1.165, 1.54) is 96.3 Å². The topological polar surface area (TPSA) is 109 Å². The molecule has 0 bridgehead atoms. The summed E-state index contributed by atoms with van der Waals surface area (Å²) in [4.78, 5) is 29.3. The molecule has 0 spiro atoms. The standard InChI is InChI=1S/C23H48O3Si.H4O4Si/c1-5-7-8-9-10-11-12-13-14-15-16-17-18-19-20-21-23-27(24-3,25-4)26-22-6-2;1-5(2,3)4/h6H,2,5,7-23H2,1,3-4H3;1-4H. The summed E-state index contributed by atoms with van der Waals surface area (Å²) in [5.41, 5.74) is 0. The molecule has 0 aromatic rings. The first-order chi connectivity index (χ1) is 15.2. The molecule has 0 saturated carbocycles. The predicted molar refractivity (Wildman–Crippen MR) is 135 cm³/mol. The smallest absolute Gasteiger partial charge is 0.377 e. The molecule has 0 saturated heterocycles. The van der Waals surface area contributed by atoms with E-state index in [-0.39, 0.29) is 0 Å². The molecule has 0 radical (unpaired) electrons. The van der Waals surface area contributed by atoms with Crippen LogP contribution >= 0.6 is 0 Å². The molecule has 0 amide bonds. The maximum atomic E-state index is 7.33. The van der Waals surface area contributed by atoms with E-state index >= 15 is 0 Å². The van der Waals surface area contributed by atoms with E-state index in [4.69, 9.17) is 32.5 Å². The Kier molecular flexibility index (Phi) is 25.6. The molecule has 0 aromatic heterocycles. The molecule has 0 rings (SSSR count). The van der Waals surface area contributed by atoms with Crippen molar-refractivity contribution in [1.82, 2.24) is 0 Å². The molecule has 0 aliphatic heterocycles. The van der Waals surface area contributed by atoms with Crippen molar-refractivity contribution >= 4 is 17.9 Å². The Morgan fingerprint density at radius 3 is 1.22 bits per heavy atom. The van der Waals surface area contributed by atoms with Crippen LogP contribution in [-0.2, 0) is 13.3 Å². The van der Waals surface area contributed by atoms with Crippen LogP contribution in [0.4, 0.5) is 0 Å². The van der Waals surface area contributed by atoms with E-state index in [9.17, 15) is 0 Å². The Balaban J connectivity index is 0. The lowest BCUT2D eigenvalue weighted by atomic mass is 10.0. The van der Waals surface area contributed by atoms with Gasteiger partial charge >= 0.3 is 17.9 Å². The van der Waals surface area contributed by atoms with Crippen LogP contribution in [0.5, 0.6) is 0 Å². The first-order valence-corrected chi connectivity index (χ1v) is 16.2. The molecule has 194 valence electrons. The highest BCUT2D eigenvalue weighted by molar-refractivity contribution is 6.60. The highest BCUT2D eigenvalue weighted by Gasteiger charge is 2.37. The molecule has 0 aromatic carbocycles. The Hall–Kier alpha value is -0.106. The van der Waals surface area contributed by atoms with Gasteiger partial charge in [0.2, 0.25) is 0 Å². The molecule has 32 heavy (non-hydrogen) atoms. The van der Waals surface area contributed by atoms with Gasteiger partial charge in [-0.25, -0.2) is 0 Å². The highest BCUT2D eigenvalue weighted by atomic mass is 28.4. The molecule has 0 aliphatic rings. The van der Waals surface area contributed by atoms with E-state index in [0.29, 0.717) is 6.61 Å². The van der Waals surface area contributed by atoms with Gasteiger partial charge in [-0.15, -0.1) is 6.58 Å². The molecule has 0 heterocycles. The number of rotatable bonds is 22. The van der Waals surface area contributed by atoms with Gasteiger partial charge in [-0.2, -0.15) is 0 Å². The van der Waals surface area contributed by atoms with Gasteiger partial charge in [0.15, 0.2) is 0 Å². The highest BCUT2D eigenvalue weighted by Crippen LogP contribution is 2.19. The van der Waals surface area contributed by atoms with Crippen molar-refractivity contribution in [2.45, 2.75) is 116 Å². The Morgan fingerprint density at radius 2 is 0.938 bits per heavy atom. The Morgan fingerprint density at radius 1 is 0.625 bits per heavy atom. The molecule has 0 fully saturated rings. The average molecular weight is 497 g/mol. The van der Waals surface area contributed by atoms with Crippen molar-refractivity contribution in [2.75, 3.05) is 20.8 Å². The van der Waals surface area contributed by atoms with Gasteiger partial charge in [0.25, 0.3) is 0 Å². The van der Waals surface area contributed by atoms with Gasteiger partial charge in [-0.1, -0.05) is 109 Å². The van der Waals surface area contributed by atoms with Gasteiger partial charge in [-0.3, -0.25) is 0 Å². The van der Waals surface area contributed by atoms with Gasteiger partial charge < -0.3 is 32.5 Å². The zero-order chi connectivity index (χ0) is 24.6. The van der Waals surface area contributed by atoms with Crippen molar-refractivity contribution in [3.63, 3.8) is 0 Å². The maximum absolute atomic E-state index is 7.33. The van der Waals surface area contributed by atoms with Crippen molar-refractivity contribution < 1.29 is 32.5 Å². The van der Waals surface area contributed by atoms with Gasteiger partial charge in [0.1, 0.15) is 0 Å². The second-order valence-corrected chi connectivity index (χ2v) is 12.5. The van der Waals surface area contributed by atoms with E-state index in [1.54, 1.807) is 20.3 Å². The third-order valence-electron chi connectivity index (χ3n) is 5.38. The Bertz CT molecular complexity index is 383. The largest absolute Gasteiger partial charge is 0.668 e. The molecular formula is C23H52O7Si2. The van der Waals surface area contributed by atoms with Crippen molar-refractivity contribution in [1.29, 1.82) is 0 Å². The molecule has 4 N–H and O–H groups in total. The molecule has 0 aliphatic carbocycles. The minimum atomic E-state index is -4.61. The Labute approximate surface area is 199 Å². The number of hydrogen-bond acceptors (Lipinski definition) is 7. The predicted octanol–water partition coefficient (Wildman–Crippen LogP) is 5.07. The third-order valence-corrected chi connectivity index (χ3v) is 8.20. The monoisotopic (exact) mass is 496 g/mol. The summed E-state index contributed by atoms with van der Waals surface area (Å²) in [5.74, 6) is 0. The van der Waals surface area contributed by atoms with E-state index < -0.39 is 17.9 Å². The van der Waals surface area contributed by atoms with Crippen LogP contribution in [-0.4, -0.2) is 57.9 Å². The second kappa shape index (κ2) is 24.0. The average Bonchev–Trinajstić information content (AvgIpc) is 2.74. The van der Waals surface area contributed by atoms with Gasteiger partial charge in [0.05, 0.1) is 6.61 Å². The molecule has 9 heteroatoms. The number of hydrogen-bond donors (Lipinski definition) is 4. The van der Waals surface area contributed by atoms with E-state index in [2.05, 4.69) is 13.5 Å². The lowest BCUT2D eigenvalue weighted by Crippen LogP contribution is -2.43. The molecule has 0 atom stereocenters. The fraction of sp³-hybridized carbons (Fsp3) is 0.913. The summed E-state index contributed by atoms with van der Waals surface area (Å²) in [6.07, 6.45) is 23.9. The van der Waals surface area contributed by atoms with Crippen molar-refractivity contribution in [3.8, 4) is 0 Å². The quantitative estimate of drug-likeness (QED) is 0.0940. The number of unbranched alkanes of at least 4 members (excludes halogenated alkanes) is 15. The van der Waals surface area contributed by atoms with Crippen LogP contribution in [0.2, 0.25) is 6.04 Å². The van der Waals surface area contributed by atoms with Crippen LogP contribution < -0.4 is 0 Å². The zero-order valence-electron chi connectivity index (χ0n) is 21.0. The van der Waals surface area contributed by atoms with Crippen LogP contribution in [0.15, 0.2) is 12.7 Å². The summed E-state index contributed by atoms with van der Waals surface area (Å²) in [5, 5.41) is 0. The van der Waals surface area contributed by atoms with Crippen LogP contribution in [0, 0.1) is 0 Å². The van der Waals surface area contributed by atoms with Gasteiger partial charge in [-0.05, 0) is 6.42 Å². The molecule has 7 nitrogen and oxygen atoms in total. The second-order valence-electron chi connectivity index (χ2n) is 8.34. The van der Waals surface area contributed by atoms with Crippen molar-refractivity contribution in [3.05, 3.63) is 12.7 Å². The maximum Gasteiger partial charge on any atom is 0.668 e. The summed E-state index contributed by atoms with van der Waals surface area (Å²) in [6, 6.07) is 0.909. The van der Waals surface area contributed by atoms with E-state index in [1.807, 2.05) is 0 Å². The summed E-state index contributed by atoms with van der Waals surface area (Å²) >= 11 is 0.